The van der Waals surface area contributed by atoms with Crippen LogP contribution in [0.3, 0.4) is 0 Å². The molecule has 31 heavy (non-hydrogen) atoms. The van der Waals surface area contributed by atoms with E-state index in [9.17, 15) is 14.7 Å². The number of rotatable bonds is 2. The zero-order chi connectivity index (χ0) is 21.9. The molecule has 5 rings (SSSR count). The van der Waals surface area contributed by atoms with E-state index >= 15 is 0 Å². The summed E-state index contributed by atoms with van der Waals surface area (Å²) in [6.07, 6.45) is -0.615. The van der Waals surface area contributed by atoms with E-state index in [1.54, 1.807) is 25.2 Å². The number of ether oxygens (including phenoxy) is 1. The average molecular weight is 482 g/mol. The molecule has 0 amide bonds. The van der Waals surface area contributed by atoms with Crippen LogP contribution >= 0.6 is 15.9 Å². The van der Waals surface area contributed by atoms with Crippen molar-refractivity contribution in [2.45, 2.75) is 12.6 Å². The van der Waals surface area contributed by atoms with Crippen molar-refractivity contribution in [3.8, 4) is 17.0 Å². The van der Waals surface area contributed by atoms with Crippen molar-refractivity contribution in [3.63, 3.8) is 0 Å². The summed E-state index contributed by atoms with van der Waals surface area (Å²) < 4.78 is 11.7. The third-order valence-electron chi connectivity index (χ3n) is 5.87. The molecule has 158 valence electrons. The third kappa shape index (κ3) is 2.90. The number of nitrogens with zero attached hydrogens (tertiary/aromatic N) is 3. The Morgan fingerprint density at radius 3 is 2.58 bits per heavy atom. The van der Waals surface area contributed by atoms with Crippen molar-refractivity contribution in [1.29, 1.82) is 0 Å². The van der Waals surface area contributed by atoms with Gasteiger partial charge < -0.3 is 14.4 Å². The van der Waals surface area contributed by atoms with Crippen LogP contribution in [0.5, 0.6) is 5.75 Å². The monoisotopic (exact) mass is 481 g/mol. The van der Waals surface area contributed by atoms with Gasteiger partial charge in [0.25, 0.3) is 5.56 Å². The highest BCUT2D eigenvalue weighted by molar-refractivity contribution is 9.10. The first-order valence-electron chi connectivity index (χ1n) is 9.87. The van der Waals surface area contributed by atoms with Gasteiger partial charge in [-0.2, -0.15) is 0 Å². The minimum Gasteiger partial charge on any atom is -0.508 e. The number of hydrogen-bond acceptors (Lipinski definition) is 4. The molecular weight excluding hydrogens is 462 g/mol. The Kier molecular flexibility index (Phi) is 4.64. The van der Waals surface area contributed by atoms with Crippen LogP contribution in [0.25, 0.3) is 22.2 Å². The Morgan fingerprint density at radius 1 is 1.06 bits per heavy atom. The standard InChI is InChI=1S/C23H20BrN3O4/c1-25-19-17(22(29)26(2)23(25)30)18(13-6-5-7-14(24)12-13)27-10-11-31-21(20(19)27)15-8-3-4-9-16(15)28/h3-9,12,21,28H,10-11H2,1-2H3/t21-/m1/s1. The molecule has 1 N–H and O–H groups in total. The summed E-state index contributed by atoms with van der Waals surface area (Å²) in [4.78, 5) is 26.2. The number of para-hydroxylation sites is 1. The van der Waals surface area contributed by atoms with Crippen molar-refractivity contribution < 1.29 is 9.84 Å². The molecular formula is C23H20BrN3O4. The van der Waals surface area contributed by atoms with Gasteiger partial charge in [0.1, 0.15) is 11.9 Å². The Hall–Kier alpha value is -3.10. The molecule has 8 heteroatoms. The summed E-state index contributed by atoms with van der Waals surface area (Å²) in [5.74, 6) is 0.105. The summed E-state index contributed by atoms with van der Waals surface area (Å²) in [6.45, 7) is 0.926. The van der Waals surface area contributed by atoms with Crippen LogP contribution in [-0.2, 0) is 25.4 Å². The van der Waals surface area contributed by atoms with Gasteiger partial charge in [-0.1, -0.05) is 46.3 Å². The topological polar surface area (TPSA) is 78.4 Å². The summed E-state index contributed by atoms with van der Waals surface area (Å²) in [5.41, 5.74) is 2.65. The van der Waals surface area contributed by atoms with Gasteiger partial charge in [-0.3, -0.25) is 13.9 Å². The normalized spacial score (nSPS) is 15.9. The Morgan fingerprint density at radius 2 is 1.84 bits per heavy atom. The molecule has 0 bridgehead atoms. The largest absolute Gasteiger partial charge is 0.508 e. The minimum atomic E-state index is -0.615. The highest BCUT2D eigenvalue weighted by atomic mass is 79.9. The number of aromatic nitrogens is 3. The van der Waals surface area contributed by atoms with Crippen molar-refractivity contribution in [3.05, 3.63) is 85.1 Å². The van der Waals surface area contributed by atoms with E-state index in [-0.39, 0.29) is 11.3 Å². The number of phenols is 1. The van der Waals surface area contributed by atoms with E-state index < -0.39 is 11.8 Å². The van der Waals surface area contributed by atoms with Crippen LogP contribution in [0.1, 0.15) is 17.4 Å². The maximum absolute atomic E-state index is 13.3. The fourth-order valence-corrected chi connectivity index (χ4v) is 4.86. The lowest BCUT2D eigenvalue weighted by Crippen LogP contribution is -2.37. The van der Waals surface area contributed by atoms with Crippen molar-refractivity contribution in [2.75, 3.05) is 6.61 Å². The van der Waals surface area contributed by atoms with Crippen LogP contribution in [0.4, 0.5) is 0 Å². The number of hydrogen-bond donors (Lipinski definition) is 1. The number of aromatic hydroxyl groups is 1. The predicted octanol–water partition coefficient (Wildman–Crippen LogP) is 3.29. The van der Waals surface area contributed by atoms with Gasteiger partial charge in [-0.05, 0) is 18.2 Å². The number of benzene rings is 2. The Labute approximate surface area is 185 Å². The molecule has 0 unspecified atom stereocenters. The van der Waals surface area contributed by atoms with Crippen LogP contribution < -0.4 is 11.2 Å². The molecule has 1 aliphatic rings. The molecule has 0 aliphatic carbocycles. The molecule has 0 fully saturated rings. The molecule has 1 atom stereocenters. The van der Waals surface area contributed by atoms with E-state index in [0.717, 1.165) is 20.3 Å². The van der Waals surface area contributed by atoms with E-state index in [1.807, 2.05) is 34.9 Å². The Bertz CT molecular complexity index is 1460. The van der Waals surface area contributed by atoms with E-state index in [4.69, 9.17) is 4.74 Å². The lowest BCUT2D eigenvalue weighted by Gasteiger charge is -2.28. The molecule has 3 heterocycles. The molecule has 2 aromatic carbocycles. The second-order valence-electron chi connectivity index (χ2n) is 7.63. The van der Waals surface area contributed by atoms with Gasteiger partial charge in [0.15, 0.2) is 0 Å². The van der Waals surface area contributed by atoms with Gasteiger partial charge in [0.2, 0.25) is 0 Å². The number of phenolic OH excluding ortho intramolecular Hbond substituents is 1. The summed E-state index contributed by atoms with van der Waals surface area (Å²) >= 11 is 3.52. The van der Waals surface area contributed by atoms with E-state index in [0.29, 0.717) is 35.3 Å². The smallest absolute Gasteiger partial charge is 0.331 e. The van der Waals surface area contributed by atoms with Gasteiger partial charge in [0, 0.05) is 36.2 Å². The van der Waals surface area contributed by atoms with Gasteiger partial charge in [-0.15, -0.1) is 0 Å². The highest BCUT2D eigenvalue weighted by Gasteiger charge is 2.34. The molecule has 0 spiro atoms. The van der Waals surface area contributed by atoms with Crippen molar-refractivity contribution in [2.24, 2.45) is 14.1 Å². The van der Waals surface area contributed by atoms with Gasteiger partial charge >= 0.3 is 5.69 Å². The number of fused-ring (bicyclic) bond motifs is 3. The molecule has 2 aromatic heterocycles. The quantitative estimate of drug-likeness (QED) is 0.476. The van der Waals surface area contributed by atoms with Crippen LogP contribution in [0.2, 0.25) is 0 Å². The van der Waals surface area contributed by atoms with E-state index in [1.165, 1.54) is 11.6 Å². The second-order valence-corrected chi connectivity index (χ2v) is 8.55. The molecule has 0 radical (unpaired) electrons. The molecule has 1 aliphatic heterocycles. The van der Waals surface area contributed by atoms with Crippen LogP contribution in [0, 0.1) is 0 Å². The summed E-state index contributed by atoms with van der Waals surface area (Å²) in [6, 6.07) is 14.7. The first-order chi connectivity index (χ1) is 14.9. The van der Waals surface area contributed by atoms with E-state index in [2.05, 4.69) is 15.9 Å². The Balaban J connectivity index is 1.98. The van der Waals surface area contributed by atoms with Crippen LogP contribution in [-0.4, -0.2) is 25.4 Å². The predicted molar refractivity (Wildman–Crippen MR) is 121 cm³/mol. The fourth-order valence-electron chi connectivity index (χ4n) is 4.46. The van der Waals surface area contributed by atoms with Crippen molar-refractivity contribution >= 4 is 26.8 Å². The van der Waals surface area contributed by atoms with Gasteiger partial charge in [-0.25, -0.2) is 4.79 Å². The number of aryl methyl sites for hydroxylation is 1. The average Bonchev–Trinajstić information content (AvgIpc) is 3.12. The maximum atomic E-state index is 13.3. The maximum Gasteiger partial charge on any atom is 0.331 e. The summed E-state index contributed by atoms with van der Waals surface area (Å²) in [5, 5.41) is 11.0. The molecule has 4 aromatic rings. The van der Waals surface area contributed by atoms with Crippen molar-refractivity contribution in [1.82, 2.24) is 13.7 Å². The highest BCUT2D eigenvalue weighted by Crippen LogP contribution is 2.42. The SMILES string of the molecule is Cn1c(=O)c2c(-c3cccc(Br)c3)n3c(c2n(C)c1=O)[C@@H](c1ccccc1O)OCC3. The molecule has 0 saturated heterocycles. The first kappa shape index (κ1) is 19.8. The molecule has 0 saturated carbocycles. The lowest BCUT2D eigenvalue weighted by molar-refractivity contribution is 0.0464. The lowest BCUT2D eigenvalue weighted by atomic mass is 10.0. The fraction of sp³-hybridized carbons (Fsp3) is 0.217. The molecule has 7 nitrogen and oxygen atoms in total. The number of halogens is 1. The summed E-state index contributed by atoms with van der Waals surface area (Å²) in [7, 11) is 3.15. The third-order valence-corrected chi connectivity index (χ3v) is 6.36. The first-order valence-corrected chi connectivity index (χ1v) is 10.7. The zero-order valence-corrected chi connectivity index (χ0v) is 18.6. The minimum absolute atomic E-state index is 0.105. The zero-order valence-electron chi connectivity index (χ0n) is 17.0. The van der Waals surface area contributed by atoms with Crippen LogP contribution in [0.15, 0.2) is 62.6 Å². The van der Waals surface area contributed by atoms with Gasteiger partial charge in [0.05, 0.1) is 28.9 Å². The second kappa shape index (κ2) is 7.25.